The Kier molecular flexibility index (Phi) is 5.87. The van der Waals surface area contributed by atoms with Gasteiger partial charge in [0.05, 0.1) is 23.1 Å². The second-order valence-electron chi connectivity index (χ2n) is 8.04. The van der Waals surface area contributed by atoms with Crippen LogP contribution in [-0.4, -0.2) is 39.2 Å². The van der Waals surface area contributed by atoms with E-state index in [4.69, 9.17) is 4.74 Å². The van der Waals surface area contributed by atoms with Crippen LogP contribution in [0.15, 0.2) is 79.4 Å². The van der Waals surface area contributed by atoms with E-state index in [1.54, 1.807) is 6.33 Å². The van der Waals surface area contributed by atoms with Crippen molar-refractivity contribution >= 4 is 33.3 Å². The van der Waals surface area contributed by atoms with Gasteiger partial charge in [0.2, 0.25) is 0 Å². The first kappa shape index (κ1) is 20.9. The van der Waals surface area contributed by atoms with Gasteiger partial charge >= 0.3 is 0 Å². The summed E-state index contributed by atoms with van der Waals surface area (Å²) >= 11 is 0. The van der Waals surface area contributed by atoms with Crippen molar-refractivity contribution < 1.29 is 4.74 Å². The van der Waals surface area contributed by atoms with Crippen LogP contribution in [-0.2, 0) is 6.54 Å². The molecule has 7 heteroatoms. The largest absolute Gasteiger partial charge is 0.491 e. The number of nitrogens with zero attached hydrogens (tertiary/aromatic N) is 4. The first-order chi connectivity index (χ1) is 16.2. The van der Waals surface area contributed by atoms with E-state index in [0.717, 1.165) is 51.3 Å². The van der Waals surface area contributed by atoms with Crippen LogP contribution in [0.4, 0.5) is 11.5 Å². The summed E-state index contributed by atoms with van der Waals surface area (Å²) in [6.07, 6.45) is 5.50. The van der Waals surface area contributed by atoms with Gasteiger partial charge in [0.25, 0.3) is 0 Å². The molecule has 2 aromatic carbocycles. The zero-order valence-electron chi connectivity index (χ0n) is 18.7. The van der Waals surface area contributed by atoms with Crippen LogP contribution in [0.3, 0.4) is 0 Å². The number of likely N-dealkylation sites (N-methyl/N-ethyl adjacent to an activating group) is 1. The fraction of sp³-hybridized carbons (Fsp3) is 0.192. The van der Waals surface area contributed by atoms with E-state index in [2.05, 4.69) is 67.5 Å². The molecule has 0 aliphatic heterocycles. The molecule has 166 valence electrons. The number of rotatable bonds is 8. The second-order valence-corrected chi connectivity index (χ2v) is 8.04. The summed E-state index contributed by atoms with van der Waals surface area (Å²) in [6, 6.07) is 20.5. The highest BCUT2D eigenvalue weighted by Crippen LogP contribution is 2.32. The van der Waals surface area contributed by atoms with Crippen LogP contribution in [0.5, 0.6) is 5.75 Å². The Hall–Kier alpha value is -3.97. The number of ether oxygens (including phenoxy) is 1. The van der Waals surface area contributed by atoms with E-state index in [0.29, 0.717) is 6.61 Å². The summed E-state index contributed by atoms with van der Waals surface area (Å²) in [6.45, 7) is 3.37. The number of nitrogens with one attached hydrogen (secondary N) is 2. The maximum atomic E-state index is 6.09. The van der Waals surface area contributed by atoms with E-state index >= 15 is 0 Å². The fourth-order valence-electron chi connectivity index (χ4n) is 3.81. The smallest absolute Gasteiger partial charge is 0.145 e. The normalized spacial score (nSPS) is 12.2. The van der Waals surface area contributed by atoms with Crippen LogP contribution in [0.1, 0.15) is 12.6 Å². The van der Waals surface area contributed by atoms with Crippen molar-refractivity contribution in [1.29, 1.82) is 0 Å². The van der Waals surface area contributed by atoms with Crippen LogP contribution >= 0.6 is 0 Å². The van der Waals surface area contributed by atoms with E-state index in [1.807, 2.05) is 49.6 Å². The van der Waals surface area contributed by atoms with Crippen molar-refractivity contribution in [1.82, 2.24) is 24.8 Å². The molecular weight excluding hydrogens is 412 g/mol. The van der Waals surface area contributed by atoms with Crippen molar-refractivity contribution in [2.75, 3.05) is 19.0 Å². The SMILES string of the molecule is CNC(C)COc1cccc2ncnc(Nc3ccc4c(ccn4Cc4ccccn4)c3)c12. The van der Waals surface area contributed by atoms with E-state index in [9.17, 15) is 0 Å². The van der Waals surface area contributed by atoms with Gasteiger partial charge in [-0.1, -0.05) is 12.1 Å². The lowest BCUT2D eigenvalue weighted by Crippen LogP contribution is -2.28. The molecule has 1 unspecified atom stereocenters. The van der Waals surface area contributed by atoms with Gasteiger partial charge in [0.1, 0.15) is 24.5 Å². The molecule has 0 aliphatic rings. The Bertz CT molecular complexity index is 1380. The maximum Gasteiger partial charge on any atom is 0.145 e. The Morgan fingerprint density at radius 3 is 2.79 bits per heavy atom. The number of hydrogen-bond donors (Lipinski definition) is 2. The topological polar surface area (TPSA) is 76.9 Å². The van der Waals surface area contributed by atoms with Gasteiger partial charge in [0, 0.05) is 35.0 Å². The third kappa shape index (κ3) is 4.49. The van der Waals surface area contributed by atoms with E-state index < -0.39 is 0 Å². The number of fused-ring (bicyclic) bond motifs is 2. The number of hydrogen-bond acceptors (Lipinski definition) is 6. The molecule has 0 bridgehead atoms. The Labute approximate surface area is 192 Å². The maximum absolute atomic E-state index is 6.09. The Morgan fingerprint density at radius 1 is 1.00 bits per heavy atom. The highest BCUT2D eigenvalue weighted by Gasteiger charge is 2.12. The predicted octanol–water partition coefficient (Wildman–Crippen LogP) is 4.76. The molecule has 2 N–H and O–H groups in total. The number of benzene rings is 2. The lowest BCUT2D eigenvalue weighted by atomic mass is 10.2. The molecule has 5 rings (SSSR count). The average Bonchev–Trinajstić information content (AvgIpc) is 3.25. The van der Waals surface area contributed by atoms with Crippen molar-refractivity contribution in [2.45, 2.75) is 19.5 Å². The number of aromatic nitrogens is 4. The average molecular weight is 439 g/mol. The predicted molar refractivity (Wildman–Crippen MR) is 132 cm³/mol. The molecule has 0 saturated carbocycles. The molecule has 5 aromatic rings. The molecule has 7 nitrogen and oxygen atoms in total. The minimum atomic E-state index is 0.235. The summed E-state index contributed by atoms with van der Waals surface area (Å²) in [5.41, 5.74) is 3.98. The van der Waals surface area contributed by atoms with E-state index in [1.165, 1.54) is 0 Å². The number of anilines is 2. The molecule has 3 aromatic heterocycles. The van der Waals surface area contributed by atoms with Crippen molar-refractivity contribution in [3.8, 4) is 5.75 Å². The van der Waals surface area contributed by atoms with Crippen molar-refractivity contribution in [3.05, 3.63) is 85.1 Å². The molecule has 3 heterocycles. The zero-order valence-corrected chi connectivity index (χ0v) is 18.7. The molecule has 0 fully saturated rings. The Morgan fingerprint density at radius 2 is 1.94 bits per heavy atom. The van der Waals surface area contributed by atoms with Crippen molar-refractivity contribution in [3.63, 3.8) is 0 Å². The summed E-state index contributed by atoms with van der Waals surface area (Å²) in [7, 11) is 1.92. The Balaban J connectivity index is 1.44. The van der Waals surface area contributed by atoms with Gasteiger partial charge in [0.15, 0.2) is 0 Å². The molecule has 0 amide bonds. The van der Waals surface area contributed by atoms with Gasteiger partial charge in [-0.3, -0.25) is 4.98 Å². The highest BCUT2D eigenvalue weighted by molar-refractivity contribution is 5.96. The summed E-state index contributed by atoms with van der Waals surface area (Å²) < 4.78 is 8.29. The molecular formula is C26H26N6O. The monoisotopic (exact) mass is 438 g/mol. The lowest BCUT2D eigenvalue weighted by Gasteiger charge is -2.15. The second kappa shape index (κ2) is 9.26. The number of pyridine rings is 1. The van der Waals surface area contributed by atoms with Gasteiger partial charge in [-0.05, 0) is 62.5 Å². The summed E-state index contributed by atoms with van der Waals surface area (Å²) in [5.74, 6) is 1.49. The molecule has 0 radical (unpaired) electrons. The third-order valence-electron chi connectivity index (χ3n) is 5.70. The van der Waals surface area contributed by atoms with Gasteiger partial charge in [-0.2, -0.15) is 0 Å². The summed E-state index contributed by atoms with van der Waals surface area (Å²) in [5, 5.41) is 8.68. The molecule has 33 heavy (non-hydrogen) atoms. The fourth-order valence-corrected chi connectivity index (χ4v) is 3.81. The quantitative estimate of drug-likeness (QED) is 0.364. The third-order valence-corrected chi connectivity index (χ3v) is 5.70. The minimum absolute atomic E-state index is 0.235. The summed E-state index contributed by atoms with van der Waals surface area (Å²) in [4.78, 5) is 13.4. The minimum Gasteiger partial charge on any atom is -0.491 e. The highest BCUT2D eigenvalue weighted by atomic mass is 16.5. The first-order valence-electron chi connectivity index (χ1n) is 11.0. The molecule has 0 aliphatic carbocycles. The van der Waals surface area contributed by atoms with E-state index in [-0.39, 0.29) is 6.04 Å². The standard InChI is InChI=1S/C26H26N6O/c1-18(27-2)16-33-24-8-5-7-22-25(24)26(30-17-29-22)31-20-9-10-23-19(14-20)11-13-32(23)15-21-6-3-4-12-28-21/h3-14,17-18,27H,15-16H2,1-2H3,(H,29,30,31). The van der Waals surface area contributed by atoms with Crippen LogP contribution < -0.4 is 15.4 Å². The van der Waals surface area contributed by atoms with Crippen LogP contribution in [0.25, 0.3) is 21.8 Å². The molecule has 1 atom stereocenters. The van der Waals surface area contributed by atoms with Crippen LogP contribution in [0.2, 0.25) is 0 Å². The first-order valence-corrected chi connectivity index (χ1v) is 11.0. The van der Waals surface area contributed by atoms with Gasteiger partial charge in [-0.15, -0.1) is 0 Å². The van der Waals surface area contributed by atoms with Gasteiger partial charge in [-0.25, -0.2) is 9.97 Å². The van der Waals surface area contributed by atoms with Gasteiger partial charge < -0.3 is 19.9 Å². The zero-order chi connectivity index (χ0) is 22.6. The lowest BCUT2D eigenvalue weighted by molar-refractivity contribution is 0.283. The van der Waals surface area contributed by atoms with Crippen molar-refractivity contribution in [2.24, 2.45) is 0 Å². The molecule has 0 saturated heterocycles. The molecule has 0 spiro atoms. The van der Waals surface area contributed by atoms with Crippen LogP contribution in [0, 0.1) is 0 Å².